The third kappa shape index (κ3) is 1.82. The maximum Gasteiger partial charge on any atom is 0.339 e. The van der Waals surface area contributed by atoms with Gasteiger partial charge in [-0.2, -0.15) is 0 Å². The van der Waals surface area contributed by atoms with Gasteiger partial charge in [-0.25, -0.2) is 9.18 Å². The zero-order valence-electron chi connectivity index (χ0n) is 9.07. The monoisotopic (exact) mass is 235 g/mol. The molecule has 0 aliphatic heterocycles. The second kappa shape index (κ2) is 3.67. The van der Waals surface area contributed by atoms with E-state index >= 15 is 0 Å². The molecular formula is C8H6BrFO2. The SMILES string of the molecule is [2H]c1c([2H])c(Br)c(C(=O)OC)c([2H])c1F. The molecular weight excluding hydrogens is 227 g/mol. The fourth-order valence-electron chi connectivity index (χ4n) is 0.611. The summed E-state index contributed by atoms with van der Waals surface area (Å²) < 4.78 is 39.2. The van der Waals surface area contributed by atoms with E-state index in [2.05, 4.69) is 20.7 Å². The van der Waals surface area contributed by atoms with Crippen LogP contribution in [0.15, 0.2) is 22.6 Å². The number of hydrogen-bond acceptors (Lipinski definition) is 2. The highest BCUT2D eigenvalue weighted by molar-refractivity contribution is 9.10. The Bertz CT molecular complexity index is 407. The molecule has 0 heterocycles. The molecule has 12 heavy (non-hydrogen) atoms. The molecule has 0 aromatic heterocycles. The maximum atomic E-state index is 13.2. The standard InChI is InChI=1S/C8H6BrFO2/c1-12-8(11)6-4-5(10)2-3-7(6)9/h2-4H,1H3/i2D,3D,4D. The van der Waals surface area contributed by atoms with Crippen LogP contribution in [0, 0.1) is 5.82 Å². The number of ether oxygens (including phenoxy) is 1. The van der Waals surface area contributed by atoms with Gasteiger partial charge in [0.15, 0.2) is 0 Å². The van der Waals surface area contributed by atoms with Crippen molar-refractivity contribution in [3.05, 3.63) is 34.0 Å². The van der Waals surface area contributed by atoms with E-state index in [9.17, 15) is 9.18 Å². The maximum absolute atomic E-state index is 13.2. The Morgan fingerprint density at radius 2 is 2.42 bits per heavy atom. The molecule has 0 radical (unpaired) electrons. The Morgan fingerprint density at radius 3 is 3.00 bits per heavy atom. The van der Waals surface area contributed by atoms with Crippen LogP contribution in [0.3, 0.4) is 0 Å². The Morgan fingerprint density at radius 1 is 1.75 bits per heavy atom. The fourth-order valence-corrected chi connectivity index (χ4v) is 0.971. The molecule has 0 aliphatic carbocycles. The zero-order chi connectivity index (χ0) is 11.7. The first kappa shape index (κ1) is 5.70. The Hall–Kier alpha value is -0.900. The van der Waals surface area contributed by atoms with E-state index < -0.39 is 29.9 Å². The number of rotatable bonds is 1. The van der Waals surface area contributed by atoms with Gasteiger partial charge in [-0.3, -0.25) is 0 Å². The van der Waals surface area contributed by atoms with Crippen LogP contribution in [0.5, 0.6) is 0 Å². The predicted octanol–water partition coefficient (Wildman–Crippen LogP) is 2.37. The Balaban J connectivity index is 3.60. The van der Waals surface area contributed by atoms with Gasteiger partial charge >= 0.3 is 5.97 Å². The normalized spacial score (nSPS) is 13.1. The van der Waals surface area contributed by atoms with Crippen molar-refractivity contribution in [3.63, 3.8) is 0 Å². The van der Waals surface area contributed by atoms with Gasteiger partial charge in [0, 0.05) is 4.47 Å². The minimum Gasteiger partial charge on any atom is -0.465 e. The highest BCUT2D eigenvalue weighted by Gasteiger charge is 2.10. The van der Waals surface area contributed by atoms with Gasteiger partial charge < -0.3 is 4.74 Å². The minimum atomic E-state index is -1.20. The third-order valence-corrected chi connectivity index (χ3v) is 1.72. The molecule has 0 unspecified atom stereocenters. The van der Waals surface area contributed by atoms with Crippen molar-refractivity contribution >= 4 is 21.9 Å². The van der Waals surface area contributed by atoms with Crippen LogP contribution in [0.1, 0.15) is 14.5 Å². The van der Waals surface area contributed by atoms with Gasteiger partial charge in [0.1, 0.15) is 5.82 Å². The van der Waals surface area contributed by atoms with E-state index in [0.717, 1.165) is 7.11 Å². The molecule has 0 atom stereocenters. The van der Waals surface area contributed by atoms with Crippen molar-refractivity contribution in [3.8, 4) is 0 Å². The van der Waals surface area contributed by atoms with Gasteiger partial charge in [0.05, 0.1) is 16.8 Å². The average molecular weight is 236 g/mol. The molecule has 1 rings (SSSR count). The number of esters is 1. The summed E-state index contributed by atoms with van der Waals surface area (Å²) >= 11 is 2.86. The summed E-state index contributed by atoms with van der Waals surface area (Å²) in [6.45, 7) is 0. The van der Waals surface area contributed by atoms with E-state index in [4.69, 9.17) is 4.11 Å². The van der Waals surface area contributed by atoms with E-state index in [1.807, 2.05) is 0 Å². The number of hydrogen-bond donors (Lipinski definition) is 0. The van der Waals surface area contributed by atoms with Crippen LogP contribution in [-0.4, -0.2) is 13.1 Å². The number of halogens is 2. The minimum absolute atomic E-state index is 0.106. The molecule has 0 fully saturated rings. The largest absolute Gasteiger partial charge is 0.465 e. The van der Waals surface area contributed by atoms with Crippen molar-refractivity contribution in [2.75, 3.05) is 7.11 Å². The van der Waals surface area contributed by atoms with Crippen LogP contribution in [0.2, 0.25) is 0 Å². The molecule has 0 spiro atoms. The van der Waals surface area contributed by atoms with Gasteiger partial charge in [-0.1, -0.05) is 0 Å². The van der Waals surface area contributed by atoms with Crippen LogP contribution >= 0.6 is 15.9 Å². The molecule has 1 aromatic carbocycles. The van der Waals surface area contributed by atoms with Crippen molar-refractivity contribution < 1.29 is 18.0 Å². The van der Waals surface area contributed by atoms with Gasteiger partial charge in [-0.05, 0) is 34.1 Å². The second-order valence-electron chi connectivity index (χ2n) is 1.87. The van der Waals surface area contributed by atoms with Crippen LogP contribution in [-0.2, 0) is 4.74 Å². The number of carbonyl (C=O) groups is 1. The van der Waals surface area contributed by atoms with Crippen molar-refractivity contribution in [1.82, 2.24) is 0 Å². The summed E-state index contributed by atoms with van der Waals surface area (Å²) in [5, 5.41) is 0. The molecule has 64 valence electrons. The van der Waals surface area contributed by atoms with Crippen molar-refractivity contribution in [1.29, 1.82) is 0 Å². The van der Waals surface area contributed by atoms with E-state index in [0.29, 0.717) is 0 Å². The smallest absolute Gasteiger partial charge is 0.339 e. The summed E-state index contributed by atoms with van der Waals surface area (Å²) in [6.07, 6.45) is 0. The van der Waals surface area contributed by atoms with E-state index in [1.165, 1.54) is 0 Å². The van der Waals surface area contributed by atoms with Crippen LogP contribution in [0.25, 0.3) is 0 Å². The lowest BCUT2D eigenvalue weighted by molar-refractivity contribution is 0.0599. The Kier molecular flexibility index (Phi) is 1.74. The zero-order valence-corrected chi connectivity index (χ0v) is 7.66. The molecule has 1 aromatic rings. The van der Waals surface area contributed by atoms with Gasteiger partial charge in [0.2, 0.25) is 0 Å². The van der Waals surface area contributed by atoms with Crippen molar-refractivity contribution in [2.24, 2.45) is 0 Å². The molecule has 0 aliphatic rings. The fraction of sp³-hybridized carbons (Fsp3) is 0.125. The summed E-state index contributed by atoms with van der Waals surface area (Å²) in [5.41, 5.74) is -0.379. The first-order chi connectivity index (χ1) is 6.91. The summed E-state index contributed by atoms with van der Waals surface area (Å²) in [7, 11) is 1.09. The van der Waals surface area contributed by atoms with Crippen LogP contribution < -0.4 is 0 Å². The molecule has 0 saturated heterocycles. The molecule has 0 amide bonds. The highest BCUT2D eigenvalue weighted by Crippen LogP contribution is 2.18. The first-order valence-electron chi connectivity index (χ1n) is 4.44. The third-order valence-electron chi connectivity index (χ3n) is 1.13. The van der Waals surface area contributed by atoms with Crippen LogP contribution in [0.4, 0.5) is 4.39 Å². The summed E-state index contributed by atoms with van der Waals surface area (Å²) in [6, 6.07) is -1.95. The molecule has 0 N–H and O–H groups in total. The number of carbonyl (C=O) groups excluding carboxylic acids is 1. The lowest BCUT2D eigenvalue weighted by Gasteiger charge is -2.01. The molecule has 2 nitrogen and oxygen atoms in total. The van der Waals surface area contributed by atoms with Gasteiger partial charge in [0.25, 0.3) is 0 Å². The summed E-state index contributed by atoms with van der Waals surface area (Å²) in [5.74, 6) is -2.12. The second-order valence-corrected chi connectivity index (χ2v) is 2.66. The predicted molar refractivity (Wildman–Crippen MR) is 45.4 cm³/mol. The Labute approximate surface area is 81.7 Å². The topological polar surface area (TPSA) is 26.3 Å². The summed E-state index contributed by atoms with van der Waals surface area (Å²) in [4.78, 5) is 11.2. The quantitative estimate of drug-likeness (QED) is 0.699. The molecule has 4 heteroatoms. The average Bonchev–Trinajstić information content (AvgIpc) is 2.23. The molecule has 0 bridgehead atoms. The first-order valence-corrected chi connectivity index (χ1v) is 3.74. The number of methoxy groups -OCH3 is 1. The highest BCUT2D eigenvalue weighted by atomic mass is 79.9. The lowest BCUT2D eigenvalue weighted by Crippen LogP contribution is -2.02. The van der Waals surface area contributed by atoms with Crippen molar-refractivity contribution in [2.45, 2.75) is 0 Å². The van der Waals surface area contributed by atoms with Gasteiger partial charge in [-0.15, -0.1) is 0 Å². The number of benzene rings is 1. The lowest BCUT2D eigenvalue weighted by atomic mass is 10.2. The van der Waals surface area contributed by atoms with E-state index in [1.54, 1.807) is 0 Å². The molecule has 0 saturated carbocycles. The van der Waals surface area contributed by atoms with E-state index in [-0.39, 0.29) is 10.0 Å².